The van der Waals surface area contributed by atoms with Gasteiger partial charge in [-0.3, -0.25) is 4.98 Å². The van der Waals surface area contributed by atoms with Crippen molar-refractivity contribution >= 4 is 23.2 Å². The number of methoxy groups -OCH3 is 1. The molecular weight excluding hydrogens is 256 g/mol. The summed E-state index contributed by atoms with van der Waals surface area (Å²) in [6.45, 7) is 3.80. The second-order valence-electron chi connectivity index (χ2n) is 4.32. The maximum atomic E-state index is 11.6. The minimum atomic E-state index is -0.494. The van der Waals surface area contributed by atoms with Crippen molar-refractivity contribution in [3.8, 4) is 0 Å². The second kappa shape index (κ2) is 5.56. The van der Waals surface area contributed by atoms with Crippen molar-refractivity contribution < 1.29 is 9.53 Å². The van der Waals surface area contributed by atoms with Crippen LogP contribution in [0.15, 0.2) is 24.4 Å². The van der Waals surface area contributed by atoms with E-state index in [1.165, 1.54) is 19.4 Å². The van der Waals surface area contributed by atoms with Crippen LogP contribution in [0.5, 0.6) is 0 Å². The van der Waals surface area contributed by atoms with Crippen molar-refractivity contribution in [2.24, 2.45) is 0 Å². The fourth-order valence-corrected chi connectivity index (χ4v) is 1.81. The van der Waals surface area contributed by atoms with E-state index in [0.29, 0.717) is 5.82 Å². The number of nitrogens with one attached hydrogen (secondary N) is 1. The Morgan fingerprint density at radius 3 is 2.70 bits per heavy atom. The first-order valence-corrected chi connectivity index (χ1v) is 6.07. The van der Waals surface area contributed by atoms with Crippen LogP contribution in [0.4, 0.5) is 17.2 Å². The molecule has 0 atom stereocenters. The summed E-state index contributed by atoms with van der Waals surface area (Å²) in [6.07, 6.45) is 1.50. The molecule has 2 heterocycles. The molecule has 0 aromatic carbocycles. The summed E-state index contributed by atoms with van der Waals surface area (Å²) in [6, 6.07) is 5.30. The summed E-state index contributed by atoms with van der Waals surface area (Å²) in [4.78, 5) is 20.1. The summed E-state index contributed by atoms with van der Waals surface area (Å²) in [5, 5.41) is 3.08. The van der Waals surface area contributed by atoms with E-state index in [9.17, 15) is 4.79 Å². The second-order valence-corrected chi connectivity index (χ2v) is 4.32. The fraction of sp³-hybridized carbons (Fsp3) is 0.214. The van der Waals surface area contributed by atoms with Gasteiger partial charge in [0.15, 0.2) is 5.82 Å². The Morgan fingerprint density at radius 2 is 2.05 bits per heavy atom. The smallest absolute Gasteiger partial charge is 0.340 e. The molecule has 0 unspecified atom stereocenters. The summed E-state index contributed by atoms with van der Waals surface area (Å²) < 4.78 is 4.67. The highest BCUT2D eigenvalue weighted by Gasteiger charge is 2.14. The Bertz CT molecular complexity index is 656. The monoisotopic (exact) mass is 272 g/mol. The lowest BCUT2D eigenvalue weighted by atomic mass is 10.2. The van der Waals surface area contributed by atoms with Crippen LogP contribution in [0, 0.1) is 13.8 Å². The molecule has 2 aromatic rings. The lowest BCUT2D eigenvalue weighted by Crippen LogP contribution is -2.09. The lowest BCUT2D eigenvalue weighted by Gasteiger charge is -2.12. The van der Waals surface area contributed by atoms with Crippen LogP contribution in [0.25, 0.3) is 0 Å². The Labute approximate surface area is 117 Å². The first-order valence-electron chi connectivity index (χ1n) is 6.07. The zero-order valence-corrected chi connectivity index (χ0v) is 11.6. The van der Waals surface area contributed by atoms with Crippen molar-refractivity contribution in [2.45, 2.75) is 13.8 Å². The predicted molar refractivity (Wildman–Crippen MR) is 77.0 cm³/mol. The number of anilines is 3. The van der Waals surface area contributed by atoms with Crippen molar-refractivity contribution in [1.29, 1.82) is 0 Å². The molecule has 2 rings (SSSR count). The minimum Gasteiger partial charge on any atom is -0.465 e. The number of nitrogens with zero attached hydrogens (tertiary/aromatic N) is 2. The van der Waals surface area contributed by atoms with Crippen molar-refractivity contribution in [3.05, 3.63) is 41.3 Å². The Morgan fingerprint density at radius 1 is 1.30 bits per heavy atom. The number of pyridine rings is 2. The third-order valence-corrected chi connectivity index (χ3v) is 2.87. The highest BCUT2D eigenvalue weighted by molar-refractivity contribution is 5.97. The van der Waals surface area contributed by atoms with E-state index in [1.54, 1.807) is 0 Å². The molecule has 0 fully saturated rings. The number of carbonyl (C=O) groups is 1. The average molecular weight is 272 g/mol. The molecule has 3 N–H and O–H groups in total. The molecule has 2 aromatic heterocycles. The van der Waals surface area contributed by atoms with Gasteiger partial charge in [0.05, 0.1) is 29.7 Å². The molecule has 6 heteroatoms. The molecular formula is C14H16N4O2. The van der Waals surface area contributed by atoms with Gasteiger partial charge in [-0.05, 0) is 32.0 Å². The van der Waals surface area contributed by atoms with Gasteiger partial charge >= 0.3 is 5.97 Å². The van der Waals surface area contributed by atoms with Gasteiger partial charge in [0.2, 0.25) is 0 Å². The third-order valence-electron chi connectivity index (χ3n) is 2.87. The van der Waals surface area contributed by atoms with Gasteiger partial charge in [0.1, 0.15) is 0 Å². The van der Waals surface area contributed by atoms with Gasteiger partial charge < -0.3 is 15.8 Å². The van der Waals surface area contributed by atoms with Crippen LogP contribution in [-0.2, 0) is 4.74 Å². The molecule has 0 amide bonds. The maximum absolute atomic E-state index is 11.6. The maximum Gasteiger partial charge on any atom is 0.340 e. The molecule has 0 radical (unpaired) electrons. The molecule has 0 spiro atoms. The standard InChI is InChI=1S/C14H16N4O2/c1-8-4-5-11(9(2)17-8)18-13-12(15)10(6-7-16-13)14(19)20-3/h4-7H,15H2,1-3H3,(H,16,18). The van der Waals surface area contributed by atoms with Crippen molar-refractivity contribution in [2.75, 3.05) is 18.2 Å². The number of aryl methyl sites for hydroxylation is 2. The minimum absolute atomic E-state index is 0.249. The summed E-state index contributed by atoms with van der Waals surface area (Å²) in [5.41, 5.74) is 9.02. The van der Waals surface area contributed by atoms with Gasteiger partial charge in [0, 0.05) is 11.9 Å². The predicted octanol–water partition coefficient (Wildman–Crippen LogP) is 2.21. The van der Waals surface area contributed by atoms with Crippen molar-refractivity contribution in [1.82, 2.24) is 9.97 Å². The van der Waals surface area contributed by atoms with E-state index in [-0.39, 0.29) is 11.3 Å². The number of aromatic nitrogens is 2. The zero-order chi connectivity index (χ0) is 14.7. The quantitative estimate of drug-likeness (QED) is 0.832. The van der Waals surface area contributed by atoms with Gasteiger partial charge in [-0.2, -0.15) is 0 Å². The Balaban J connectivity index is 2.37. The Hall–Kier alpha value is -2.63. The highest BCUT2D eigenvalue weighted by atomic mass is 16.5. The summed E-state index contributed by atoms with van der Waals surface area (Å²) >= 11 is 0. The van der Waals surface area contributed by atoms with Gasteiger partial charge in [-0.25, -0.2) is 9.78 Å². The topological polar surface area (TPSA) is 90.1 Å². The van der Waals surface area contributed by atoms with Crippen LogP contribution in [-0.4, -0.2) is 23.0 Å². The highest BCUT2D eigenvalue weighted by Crippen LogP contribution is 2.25. The van der Waals surface area contributed by atoms with E-state index in [4.69, 9.17) is 5.73 Å². The SMILES string of the molecule is COC(=O)c1ccnc(Nc2ccc(C)nc2C)c1N. The molecule has 6 nitrogen and oxygen atoms in total. The van der Waals surface area contributed by atoms with E-state index in [2.05, 4.69) is 20.0 Å². The number of esters is 1. The normalized spacial score (nSPS) is 10.2. The molecule has 0 aliphatic carbocycles. The van der Waals surface area contributed by atoms with E-state index in [0.717, 1.165) is 17.1 Å². The first-order chi connectivity index (χ1) is 9.52. The van der Waals surface area contributed by atoms with Crippen molar-refractivity contribution in [3.63, 3.8) is 0 Å². The van der Waals surface area contributed by atoms with Crippen LogP contribution in [0.3, 0.4) is 0 Å². The number of hydrogen-bond donors (Lipinski definition) is 2. The molecule has 0 aliphatic heterocycles. The first kappa shape index (κ1) is 13.8. The van der Waals surface area contributed by atoms with Crippen LogP contribution < -0.4 is 11.1 Å². The molecule has 0 saturated carbocycles. The van der Waals surface area contributed by atoms with E-state index in [1.807, 2.05) is 26.0 Å². The molecule has 0 bridgehead atoms. The Kier molecular flexibility index (Phi) is 3.84. The number of nitrogens with two attached hydrogens (primary N) is 1. The van der Waals surface area contributed by atoms with Crippen LogP contribution >= 0.6 is 0 Å². The van der Waals surface area contributed by atoms with Gasteiger partial charge in [-0.1, -0.05) is 0 Å². The molecule has 20 heavy (non-hydrogen) atoms. The number of carbonyl (C=O) groups excluding carboxylic acids is 1. The van der Waals surface area contributed by atoms with Gasteiger partial charge in [-0.15, -0.1) is 0 Å². The molecule has 104 valence electrons. The lowest BCUT2D eigenvalue weighted by molar-refractivity contribution is 0.0602. The van der Waals surface area contributed by atoms with E-state index >= 15 is 0 Å². The molecule has 0 saturated heterocycles. The number of rotatable bonds is 3. The summed E-state index contributed by atoms with van der Waals surface area (Å²) in [5.74, 6) is -0.0895. The average Bonchev–Trinajstić information content (AvgIpc) is 2.43. The van der Waals surface area contributed by atoms with Crippen LogP contribution in [0.1, 0.15) is 21.7 Å². The zero-order valence-electron chi connectivity index (χ0n) is 11.6. The number of nitrogen functional groups attached to an aromatic ring is 1. The third kappa shape index (κ3) is 2.69. The molecule has 0 aliphatic rings. The largest absolute Gasteiger partial charge is 0.465 e. The summed E-state index contributed by atoms with van der Waals surface area (Å²) in [7, 11) is 1.31. The van der Waals surface area contributed by atoms with Crippen LogP contribution in [0.2, 0.25) is 0 Å². The fourth-order valence-electron chi connectivity index (χ4n) is 1.81. The number of ether oxygens (including phenoxy) is 1. The van der Waals surface area contributed by atoms with Gasteiger partial charge in [0.25, 0.3) is 0 Å². The number of hydrogen-bond acceptors (Lipinski definition) is 6. The van der Waals surface area contributed by atoms with E-state index < -0.39 is 5.97 Å².